The summed E-state index contributed by atoms with van der Waals surface area (Å²) >= 11 is 0. The van der Waals surface area contributed by atoms with Crippen molar-refractivity contribution in [3.8, 4) is 5.75 Å². The lowest BCUT2D eigenvalue weighted by molar-refractivity contribution is -0.122. The number of nitrogens with one attached hydrogen (secondary N) is 2. The van der Waals surface area contributed by atoms with Crippen LogP contribution in [-0.4, -0.2) is 34.5 Å². The van der Waals surface area contributed by atoms with Crippen LogP contribution in [0.1, 0.15) is 48.8 Å². The third-order valence-electron chi connectivity index (χ3n) is 5.66. The van der Waals surface area contributed by atoms with Crippen molar-refractivity contribution in [1.29, 1.82) is 0 Å². The monoisotopic (exact) mass is 448 g/mol. The molecule has 0 saturated heterocycles. The van der Waals surface area contributed by atoms with E-state index < -0.39 is 0 Å². The van der Waals surface area contributed by atoms with Gasteiger partial charge in [0.05, 0.1) is 10.9 Å². The second-order valence-electron chi connectivity index (χ2n) is 8.11. The second-order valence-corrected chi connectivity index (χ2v) is 8.11. The molecule has 2 amide bonds. The molecule has 0 atom stereocenters. The maximum absolute atomic E-state index is 13.0. The zero-order valence-corrected chi connectivity index (χ0v) is 18.7. The molecule has 172 valence electrons. The Bertz CT molecular complexity index is 1230. The van der Waals surface area contributed by atoms with Gasteiger partial charge in [0.2, 0.25) is 0 Å². The average molecular weight is 449 g/mol. The number of fused-ring (bicyclic) bond motifs is 2. The molecule has 0 bridgehead atoms. The molecule has 0 fully saturated rings. The van der Waals surface area contributed by atoms with Crippen LogP contribution in [0.4, 0.5) is 5.69 Å². The van der Waals surface area contributed by atoms with Gasteiger partial charge in [0.1, 0.15) is 11.6 Å². The lowest BCUT2D eigenvalue weighted by Crippen LogP contribution is -2.28. The predicted molar refractivity (Wildman–Crippen MR) is 127 cm³/mol. The molecular weight excluding hydrogens is 420 g/mol. The van der Waals surface area contributed by atoms with Crippen molar-refractivity contribution < 1.29 is 14.3 Å². The standard InChI is InChI=1S/C25H28N4O4/c1-2-26-23(30)16-33-19-9-7-8-18(15-19)27-24(31)17-11-12-20-21(14-17)28-22-10-5-3-4-6-13-29(22)25(20)32/h7-9,11-12,14-15H,2-6,10,13,16H2,1H3,(H,26,30)(H,27,31). The van der Waals surface area contributed by atoms with Gasteiger partial charge in [0, 0.05) is 36.8 Å². The van der Waals surface area contributed by atoms with Crippen LogP contribution in [0.15, 0.2) is 47.3 Å². The number of likely N-dealkylation sites (N-methyl/N-ethyl adjacent to an activating group) is 1. The normalized spacial score (nSPS) is 13.5. The number of benzene rings is 2. The Kier molecular flexibility index (Phi) is 7.02. The van der Waals surface area contributed by atoms with Gasteiger partial charge in [-0.05, 0) is 50.1 Å². The van der Waals surface area contributed by atoms with Crippen LogP contribution >= 0.6 is 0 Å². The molecule has 1 aliphatic heterocycles. The van der Waals surface area contributed by atoms with Gasteiger partial charge in [-0.1, -0.05) is 18.9 Å². The minimum atomic E-state index is -0.313. The molecule has 8 heteroatoms. The summed E-state index contributed by atoms with van der Waals surface area (Å²) in [5, 5.41) is 6.03. The fourth-order valence-corrected chi connectivity index (χ4v) is 4.00. The lowest BCUT2D eigenvalue weighted by atomic mass is 10.1. The number of aryl methyl sites for hydroxylation is 1. The molecule has 33 heavy (non-hydrogen) atoms. The molecule has 4 rings (SSSR count). The number of aromatic nitrogens is 2. The summed E-state index contributed by atoms with van der Waals surface area (Å²) in [6, 6.07) is 11.8. The molecule has 0 unspecified atom stereocenters. The maximum Gasteiger partial charge on any atom is 0.261 e. The number of hydrogen-bond acceptors (Lipinski definition) is 5. The number of carbonyl (C=O) groups is 2. The first kappa shape index (κ1) is 22.5. The Morgan fingerprint density at radius 3 is 2.79 bits per heavy atom. The van der Waals surface area contributed by atoms with Gasteiger partial charge in [-0.2, -0.15) is 0 Å². The van der Waals surface area contributed by atoms with E-state index in [0.29, 0.717) is 41.0 Å². The summed E-state index contributed by atoms with van der Waals surface area (Å²) < 4.78 is 7.27. The molecule has 0 spiro atoms. The fraction of sp³-hybridized carbons (Fsp3) is 0.360. The lowest BCUT2D eigenvalue weighted by Gasteiger charge is -2.16. The van der Waals surface area contributed by atoms with Crippen LogP contribution in [0.3, 0.4) is 0 Å². The van der Waals surface area contributed by atoms with Crippen LogP contribution in [0.2, 0.25) is 0 Å². The van der Waals surface area contributed by atoms with Gasteiger partial charge in [0.25, 0.3) is 17.4 Å². The Balaban J connectivity index is 1.52. The predicted octanol–water partition coefficient (Wildman–Crippen LogP) is 3.28. The van der Waals surface area contributed by atoms with Crippen LogP contribution < -0.4 is 20.9 Å². The second kappa shape index (κ2) is 10.3. The highest BCUT2D eigenvalue weighted by Gasteiger charge is 2.15. The average Bonchev–Trinajstić information content (AvgIpc) is 2.79. The molecular formula is C25H28N4O4. The van der Waals surface area contributed by atoms with Gasteiger partial charge in [0.15, 0.2) is 6.61 Å². The Morgan fingerprint density at radius 1 is 1.09 bits per heavy atom. The third-order valence-corrected chi connectivity index (χ3v) is 5.66. The van der Waals surface area contributed by atoms with Crippen molar-refractivity contribution >= 4 is 28.4 Å². The van der Waals surface area contributed by atoms with Crippen molar-refractivity contribution in [1.82, 2.24) is 14.9 Å². The van der Waals surface area contributed by atoms with Crippen molar-refractivity contribution in [2.24, 2.45) is 0 Å². The van der Waals surface area contributed by atoms with Gasteiger partial charge >= 0.3 is 0 Å². The van der Waals surface area contributed by atoms with Crippen molar-refractivity contribution in [2.75, 3.05) is 18.5 Å². The summed E-state index contributed by atoms with van der Waals surface area (Å²) in [6.07, 6.45) is 5.03. The van der Waals surface area contributed by atoms with E-state index in [-0.39, 0.29) is 24.0 Å². The fourth-order valence-electron chi connectivity index (χ4n) is 4.00. The van der Waals surface area contributed by atoms with Gasteiger partial charge in [-0.15, -0.1) is 0 Å². The zero-order chi connectivity index (χ0) is 23.2. The number of rotatable bonds is 6. The number of hydrogen-bond donors (Lipinski definition) is 2. The third kappa shape index (κ3) is 5.39. The Hall–Kier alpha value is -3.68. The summed E-state index contributed by atoms with van der Waals surface area (Å²) in [5.41, 5.74) is 1.46. The van der Waals surface area contributed by atoms with Crippen LogP contribution in [0, 0.1) is 0 Å². The number of amides is 2. The highest BCUT2D eigenvalue weighted by Crippen LogP contribution is 2.20. The number of carbonyl (C=O) groups excluding carboxylic acids is 2. The number of ether oxygens (including phenoxy) is 1. The molecule has 1 aliphatic rings. The van der Waals surface area contributed by atoms with Crippen LogP contribution in [0.5, 0.6) is 5.75 Å². The van der Waals surface area contributed by atoms with E-state index in [1.54, 1.807) is 47.0 Å². The van der Waals surface area contributed by atoms with Gasteiger partial charge in [-0.3, -0.25) is 19.0 Å². The summed E-state index contributed by atoms with van der Waals surface area (Å²) in [6.45, 7) is 2.97. The van der Waals surface area contributed by atoms with Crippen LogP contribution in [0.25, 0.3) is 10.9 Å². The molecule has 0 radical (unpaired) electrons. The Labute approximate surface area is 192 Å². The van der Waals surface area contributed by atoms with Crippen LogP contribution in [-0.2, 0) is 17.8 Å². The minimum Gasteiger partial charge on any atom is -0.484 e. The zero-order valence-electron chi connectivity index (χ0n) is 18.7. The first-order chi connectivity index (χ1) is 16.0. The minimum absolute atomic E-state index is 0.0409. The SMILES string of the molecule is CCNC(=O)COc1cccc(NC(=O)c2ccc3c(=O)n4c(nc3c2)CCCCCC4)c1. The van der Waals surface area contributed by atoms with Gasteiger partial charge in [-0.25, -0.2) is 4.98 Å². The molecule has 2 N–H and O–H groups in total. The van der Waals surface area contributed by atoms with E-state index in [0.717, 1.165) is 37.9 Å². The molecule has 8 nitrogen and oxygen atoms in total. The van der Waals surface area contributed by atoms with E-state index in [1.165, 1.54) is 0 Å². The maximum atomic E-state index is 13.0. The van der Waals surface area contributed by atoms with Crippen molar-refractivity contribution in [3.05, 3.63) is 64.2 Å². The molecule has 0 saturated carbocycles. The number of nitrogens with zero attached hydrogens (tertiary/aromatic N) is 2. The summed E-state index contributed by atoms with van der Waals surface area (Å²) in [7, 11) is 0. The van der Waals surface area contributed by atoms with E-state index in [9.17, 15) is 14.4 Å². The quantitative estimate of drug-likeness (QED) is 0.603. The Morgan fingerprint density at radius 2 is 1.94 bits per heavy atom. The van der Waals surface area contributed by atoms with Gasteiger partial charge < -0.3 is 15.4 Å². The van der Waals surface area contributed by atoms with E-state index >= 15 is 0 Å². The molecule has 3 aromatic rings. The molecule has 2 heterocycles. The molecule has 0 aliphatic carbocycles. The highest BCUT2D eigenvalue weighted by atomic mass is 16.5. The molecule has 1 aromatic heterocycles. The first-order valence-electron chi connectivity index (χ1n) is 11.4. The highest BCUT2D eigenvalue weighted by molar-refractivity contribution is 6.06. The summed E-state index contributed by atoms with van der Waals surface area (Å²) in [5.74, 6) is 0.749. The largest absolute Gasteiger partial charge is 0.484 e. The molecule has 2 aromatic carbocycles. The smallest absolute Gasteiger partial charge is 0.261 e. The van der Waals surface area contributed by atoms with Crippen molar-refractivity contribution in [2.45, 2.75) is 45.6 Å². The van der Waals surface area contributed by atoms with Crippen molar-refractivity contribution in [3.63, 3.8) is 0 Å². The topological polar surface area (TPSA) is 102 Å². The van der Waals surface area contributed by atoms with E-state index in [4.69, 9.17) is 9.72 Å². The first-order valence-corrected chi connectivity index (χ1v) is 11.4. The number of anilines is 1. The van der Waals surface area contributed by atoms with E-state index in [2.05, 4.69) is 10.6 Å². The van der Waals surface area contributed by atoms with E-state index in [1.807, 2.05) is 6.92 Å². The summed E-state index contributed by atoms with van der Waals surface area (Å²) in [4.78, 5) is 42.2.